The minimum atomic E-state index is 0.198. The van der Waals surface area contributed by atoms with Crippen LogP contribution in [-0.2, 0) is 0 Å². The fourth-order valence-corrected chi connectivity index (χ4v) is 1.72. The fourth-order valence-electron chi connectivity index (χ4n) is 0.739. The van der Waals surface area contributed by atoms with E-state index in [0.717, 1.165) is 9.13 Å². The van der Waals surface area contributed by atoms with Crippen LogP contribution in [0.2, 0.25) is 0 Å². The number of carbonyl (C=O) groups excluding carboxylic acids is 1. The lowest BCUT2D eigenvalue weighted by Crippen LogP contribution is -1.99. The molecule has 0 heterocycles. The van der Waals surface area contributed by atoms with Crippen LogP contribution in [0.5, 0.6) is 0 Å². The summed E-state index contributed by atoms with van der Waals surface area (Å²) in [6.07, 6.45) is 0. The number of alkyl halides is 1. The number of ketones is 1. The summed E-state index contributed by atoms with van der Waals surface area (Å²) in [6.45, 7) is 0. The second-order valence-electron chi connectivity index (χ2n) is 2.07. The maximum Gasteiger partial charge on any atom is 0.172 e. The molecule has 0 aromatic heterocycles. The van der Waals surface area contributed by atoms with Crippen molar-refractivity contribution in [3.63, 3.8) is 0 Å². The molecule has 0 aliphatic carbocycles. The second kappa shape index (κ2) is 4.39. The van der Waals surface area contributed by atoms with Gasteiger partial charge in [-0.2, -0.15) is 0 Å². The average Bonchev–Trinajstić information content (AvgIpc) is 2.03. The Bertz CT molecular complexity index is 271. The summed E-state index contributed by atoms with van der Waals surface area (Å²) >= 11 is 4.28. The predicted octanol–water partition coefficient (Wildman–Crippen LogP) is 2.91. The van der Waals surface area contributed by atoms with Crippen LogP contribution >= 0.6 is 45.2 Å². The summed E-state index contributed by atoms with van der Waals surface area (Å²) in [5.41, 5.74) is 0.811. The molecule has 1 aromatic rings. The van der Waals surface area contributed by atoms with Gasteiger partial charge in [-0.1, -0.05) is 34.7 Å². The Morgan fingerprint density at radius 2 is 2.18 bits per heavy atom. The van der Waals surface area contributed by atoms with Crippen LogP contribution in [0, 0.1) is 3.57 Å². The molecule has 58 valence electrons. The van der Waals surface area contributed by atoms with Crippen LogP contribution < -0.4 is 0 Å². The normalized spacial score (nSPS) is 9.64. The van der Waals surface area contributed by atoms with Gasteiger partial charge >= 0.3 is 0 Å². The van der Waals surface area contributed by atoms with Gasteiger partial charge in [-0.25, -0.2) is 0 Å². The monoisotopic (exact) mass is 372 g/mol. The first-order valence-corrected chi connectivity index (χ1v) is 5.69. The highest BCUT2D eigenvalue weighted by Gasteiger charge is 2.02. The molecule has 0 fully saturated rings. The first-order valence-electron chi connectivity index (χ1n) is 3.09. The maximum atomic E-state index is 11.2. The smallest absolute Gasteiger partial charge is 0.172 e. The van der Waals surface area contributed by atoms with Gasteiger partial charge in [0.15, 0.2) is 5.78 Å². The zero-order valence-electron chi connectivity index (χ0n) is 5.68. The number of carbonyl (C=O) groups is 1. The number of hydrogen-bond donors (Lipinski definition) is 0. The van der Waals surface area contributed by atoms with Crippen LogP contribution in [0.15, 0.2) is 24.3 Å². The van der Waals surface area contributed by atoms with Crippen molar-refractivity contribution in [3.05, 3.63) is 33.4 Å². The minimum Gasteiger partial charge on any atom is -0.293 e. The van der Waals surface area contributed by atoms with Gasteiger partial charge in [-0.05, 0) is 34.7 Å². The van der Waals surface area contributed by atoms with Crippen molar-refractivity contribution in [3.8, 4) is 0 Å². The van der Waals surface area contributed by atoms with E-state index in [0.29, 0.717) is 4.43 Å². The van der Waals surface area contributed by atoms with Gasteiger partial charge in [0.05, 0.1) is 4.43 Å². The van der Waals surface area contributed by atoms with Crippen LogP contribution in [0.3, 0.4) is 0 Å². The second-order valence-corrected chi connectivity index (χ2v) is 4.08. The van der Waals surface area contributed by atoms with Crippen LogP contribution in [0.25, 0.3) is 0 Å². The van der Waals surface area contributed by atoms with Gasteiger partial charge in [0.1, 0.15) is 0 Å². The van der Waals surface area contributed by atoms with Crippen LogP contribution in [0.4, 0.5) is 0 Å². The van der Waals surface area contributed by atoms with Crippen molar-refractivity contribution in [1.82, 2.24) is 0 Å². The number of benzene rings is 1. The molecule has 0 saturated heterocycles. The van der Waals surface area contributed by atoms with Crippen LogP contribution in [-0.4, -0.2) is 10.2 Å². The van der Waals surface area contributed by atoms with Gasteiger partial charge in [-0.15, -0.1) is 0 Å². The number of rotatable bonds is 2. The van der Waals surface area contributed by atoms with Crippen molar-refractivity contribution in [2.24, 2.45) is 0 Å². The lowest BCUT2D eigenvalue weighted by Gasteiger charge is -1.96. The molecule has 0 aliphatic heterocycles. The van der Waals surface area contributed by atoms with Crippen molar-refractivity contribution >= 4 is 51.0 Å². The summed E-state index contributed by atoms with van der Waals surface area (Å²) in [7, 11) is 0. The van der Waals surface area contributed by atoms with E-state index in [1.807, 2.05) is 24.3 Å². The third-order valence-corrected chi connectivity index (χ3v) is 2.63. The van der Waals surface area contributed by atoms with Gasteiger partial charge in [0.2, 0.25) is 0 Å². The Hall–Kier alpha value is 0.350. The van der Waals surface area contributed by atoms with E-state index in [9.17, 15) is 4.79 Å². The number of hydrogen-bond acceptors (Lipinski definition) is 1. The molecule has 0 amide bonds. The third-order valence-electron chi connectivity index (χ3n) is 1.27. The lowest BCUT2D eigenvalue weighted by atomic mass is 10.2. The topological polar surface area (TPSA) is 17.1 Å². The van der Waals surface area contributed by atoms with Crippen molar-refractivity contribution in [2.75, 3.05) is 4.43 Å². The highest BCUT2D eigenvalue weighted by Crippen LogP contribution is 2.09. The Labute approximate surface area is 92.8 Å². The zero-order valence-corrected chi connectivity index (χ0v) is 10.00. The van der Waals surface area contributed by atoms with E-state index in [4.69, 9.17) is 0 Å². The molecule has 0 N–H and O–H groups in total. The fraction of sp³-hybridized carbons (Fsp3) is 0.125. The predicted molar refractivity (Wildman–Crippen MR) is 62.4 cm³/mol. The van der Waals surface area contributed by atoms with Gasteiger partial charge < -0.3 is 0 Å². The summed E-state index contributed by atoms with van der Waals surface area (Å²) in [5, 5.41) is 0. The SMILES string of the molecule is O=C(CI)c1cccc(I)c1. The molecular weight excluding hydrogens is 366 g/mol. The molecule has 1 aromatic carbocycles. The maximum absolute atomic E-state index is 11.2. The van der Waals surface area contributed by atoms with E-state index in [1.54, 1.807) is 0 Å². The van der Waals surface area contributed by atoms with E-state index in [-0.39, 0.29) is 5.78 Å². The lowest BCUT2D eigenvalue weighted by molar-refractivity contribution is 0.102. The molecule has 0 atom stereocenters. The summed E-state index contributed by atoms with van der Waals surface area (Å²) < 4.78 is 1.66. The molecule has 1 rings (SSSR count). The molecule has 1 nitrogen and oxygen atoms in total. The Balaban J connectivity index is 2.96. The summed E-state index contributed by atoms with van der Waals surface area (Å²) in [5.74, 6) is 0.198. The van der Waals surface area contributed by atoms with Crippen molar-refractivity contribution < 1.29 is 4.79 Å². The molecule has 0 radical (unpaired) electrons. The average molecular weight is 372 g/mol. The zero-order chi connectivity index (χ0) is 8.27. The highest BCUT2D eigenvalue weighted by molar-refractivity contribution is 14.1. The molecule has 0 aliphatic rings. The van der Waals surface area contributed by atoms with Gasteiger partial charge in [0.25, 0.3) is 0 Å². The Morgan fingerprint density at radius 3 is 2.73 bits per heavy atom. The largest absolute Gasteiger partial charge is 0.293 e. The molecule has 0 spiro atoms. The molecule has 0 saturated carbocycles. The Kier molecular flexibility index (Phi) is 3.77. The van der Waals surface area contributed by atoms with E-state index in [1.165, 1.54) is 0 Å². The summed E-state index contributed by atoms with van der Waals surface area (Å²) in [6, 6.07) is 7.64. The van der Waals surface area contributed by atoms with Gasteiger partial charge in [-0.3, -0.25) is 4.79 Å². The quantitative estimate of drug-likeness (QED) is 0.444. The van der Waals surface area contributed by atoms with E-state index >= 15 is 0 Å². The van der Waals surface area contributed by atoms with Crippen molar-refractivity contribution in [2.45, 2.75) is 0 Å². The third kappa shape index (κ3) is 2.70. The highest BCUT2D eigenvalue weighted by atomic mass is 127. The summed E-state index contributed by atoms with van der Waals surface area (Å²) in [4.78, 5) is 11.2. The molecule has 11 heavy (non-hydrogen) atoms. The molecular formula is C8H6I2O. The van der Waals surface area contributed by atoms with Gasteiger partial charge in [0, 0.05) is 9.13 Å². The minimum absolute atomic E-state index is 0.198. The Morgan fingerprint density at radius 1 is 1.45 bits per heavy atom. The van der Waals surface area contributed by atoms with E-state index < -0.39 is 0 Å². The standard InChI is InChI=1S/C8H6I2O/c9-5-8(11)6-2-1-3-7(10)4-6/h1-4H,5H2. The first kappa shape index (κ1) is 9.44. The number of halogens is 2. The van der Waals surface area contributed by atoms with Crippen LogP contribution in [0.1, 0.15) is 10.4 Å². The first-order chi connectivity index (χ1) is 5.24. The number of Topliss-reactive ketones (excluding diaryl/α,β-unsaturated/α-hetero) is 1. The molecule has 0 bridgehead atoms. The molecule has 0 unspecified atom stereocenters. The van der Waals surface area contributed by atoms with Crippen molar-refractivity contribution in [1.29, 1.82) is 0 Å². The molecule has 3 heteroatoms. The van der Waals surface area contributed by atoms with E-state index in [2.05, 4.69) is 45.2 Å².